The molecule has 1 aliphatic rings. The van der Waals surface area contributed by atoms with Crippen molar-refractivity contribution in [2.75, 3.05) is 0 Å². The minimum Gasteiger partial charge on any atom is -0.237 e. The zero-order chi connectivity index (χ0) is 16.6. The van der Waals surface area contributed by atoms with Crippen LogP contribution in [0.15, 0.2) is 47.2 Å². The standard InChI is InChI=1S/C18H16N6S/c1-2-5-14(6-3-1)24-17-8-4-7-15(17)16(20-24)11-23-21-18(19-22-23)13-9-10-25-12-13/h1-3,5-6,9-10,12H,4,7-8,11H2. The van der Waals surface area contributed by atoms with E-state index in [1.54, 1.807) is 16.1 Å². The van der Waals surface area contributed by atoms with Crippen molar-refractivity contribution in [3.63, 3.8) is 0 Å². The predicted molar refractivity (Wildman–Crippen MR) is 95.8 cm³/mol. The Kier molecular flexibility index (Phi) is 3.45. The van der Waals surface area contributed by atoms with Gasteiger partial charge in [-0.15, -0.1) is 10.2 Å². The van der Waals surface area contributed by atoms with Crippen molar-refractivity contribution >= 4 is 11.3 Å². The van der Waals surface area contributed by atoms with Crippen LogP contribution in [0.4, 0.5) is 0 Å². The van der Waals surface area contributed by atoms with E-state index in [-0.39, 0.29) is 0 Å². The number of aromatic nitrogens is 6. The summed E-state index contributed by atoms with van der Waals surface area (Å²) in [4.78, 5) is 1.64. The number of nitrogens with zero attached hydrogens (tertiary/aromatic N) is 6. The summed E-state index contributed by atoms with van der Waals surface area (Å²) < 4.78 is 2.08. The molecule has 0 bridgehead atoms. The molecule has 0 spiro atoms. The summed E-state index contributed by atoms with van der Waals surface area (Å²) in [5.74, 6) is 0.667. The van der Waals surface area contributed by atoms with Crippen LogP contribution in [0.2, 0.25) is 0 Å². The molecule has 0 fully saturated rings. The molecular weight excluding hydrogens is 332 g/mol. The average Bonchev–Trinajstić information content (AvgIpc) is 3.42. The number of para-hydroxylation sites is 1. The average molecular weight is 348 g/mol. The Bertz CT molecular complexity index is 1000. The van der Waals surface area contributed by atoms with Crippen LogP contribution in [-0.4, -0.2) is 30.0 Å². The Labute approximate surface area is 148 Å². The molecule has 0 N–H and O–H groups in total. The summed E-state index contributed by atoms with van der Waals surface area (Å²) in [5, 5.41) is 21.8. The Balaban J connectivity index is 1.49. The highest BCUT2D eigenvalue weighted by Crippen LogP contribution is 2.28. The van der Waals surface area contributed by atoms with Crippen LogP contribution in [0.3, 0.4) is 0 Å². The van der Waals surface area contributed by atoms with Gasteiger partial charge in [0, 0.05) is 16.6 Å². The van der Waals surface area contributed by atoms with E-state index < -0.39 is 0 Å². The summed E-state index contributed by atoms with van der Waals surface area (Å²) >= 11 is 1.63. The van der Waals surface area contributed by atoms with Gasteiger partial charge in [-0.05, 0) is 53.6 Å². The molecule has 3 aromatic heterocycles. The van der Waals surface area contributed by atoms with Crippen molar-refractivity contribution in [2.24, 2.45) is 0 Å². The van der Waals surface area contributed by atoms with Crippen LogP contribution in [0.5, 0.6) is 0 Å². The van der Waals surface area contributed by atoms with Gasteiger partial charge >= 0.3 is 0 Å². The zero-order valence-corrected chi connectivity index (χ0v) is 14.4. The van der Waals surface area contributed by atoms with Crippen LogP contribution in [0, 0.1) is 0 Å². The normalized spacial score (nSPS) is 13.3. The number of hydrogen-bond donors (Lipinski definition) is 0. The molecule has 7 heteroatoms. The molecule has 0 aliphatic heterocycles. The van der Waals surface area contributed by atoms with Crippen LogP contribution in [0.1, 0.15) is 23.4 Å². The highest BCUT2D eigenvalue weighted by atomic mass is 32.1. The first-order valence-corrected chi connectivity index (χ1v) is 9.28. The minimum atomic E-state index is 0.555. The van der Waals surface area contributed by atoms with E-state index in [9.17, 15) is 0 Å². The van der Waals surface area contributed by atoms with Crippen molar-refractivity contribution in [3.8, 4) is 17.1 Å². The van der Waals surface area contributed by atoms with Crippen molar-refractivity contribution < 1.29 is 0 Å². The molecule has 0 amide bonds. The quantitative estimate of drug-likeness (QED) is 0.568. The molecule has 1 aromatic carbocycles. The van der Waals surface area contributed by atoms with Gasteiger partial charge in [0.05, 0.1) is 11.4 Å². The lowest BCUT2D eigenvalue weighted by Gasteiger charge is -2.04. The number of fused-ring (bicyclic) bond motifs is 1. The molecule has 25 heavy (non-hydrogen) atoms. The first-order chi connectivity index (χ1) is 12.4. The van der Waals surface area contributed by atoms with Crippen LogP contribution >= 0.6 is 11.3 Å². The molecule has 1 aliphatic carbocycles. The van der Waals surface area contributed by atoms with Gasteiger partial charge in [0.2, 0.25) is 5.82 Å². The third kappa shape index (κ3) is 2.56. The molecule has 0 unspecified atom stereocenters. The largest absolute Gasteiger partial charge is 0.237 e. The lowest BCUT2D eigenvalue weighted by Crippen LogP contribution is -2.07. The number of rotatable bonds is 4. The lowest BCUT2D eigenvalue weighted by atomic mass is 10.2. The first-order valence-electron chi connectivity index (χ1n) is 8.34. The van der Waals surface area contributed by atoms with Crippen molar-refractivity contribution in [3.05, 3.63) is 64.1 Å². The van der Waals surface area contributed by atoms with Gasteiger partial charge in [-0.3, -0.25) is 0 Å². The maximum atomic E-state index is 4.86. The molecule has 0 saturated heterocycles. The molecule has 6 nitrogen and oxygen atoms in total. The van der Waals surface area contributed by atoms with E-state index in [4.69, 9.17) is 5.10 Å². The molecular formula is C18H16N6S. The van der Waals surface area contributed by atoms with E-state index in [0.29, 0.717) is 12.4 Å². The Morgan fingerprint density at radius 1 is 1.04 bits per heavy atom. The van der Waals surface area contributed by atoms with Crippen molar-refractivity contribution in [2.45, 2.75) is 25.8 Å². The van der Waals surface area contributed by atoms with E-state index >= 15 is 0 Å². The summed E-state index contributed by atoms with van der Waals surface area (Å²) in [6, 6.07) is 12.3. The summed E-state index contributed by atoms with van der Waals surface area (Å²) in [7, 11) is 0. The highest BCUT2D eigenvalue weighted by molar-refractivity contribution is 7.08. The van der Waals surface area contributed by atoms with Crippen molar-refractivity contribution in [1.82, 2.24) is 30.0 Å². The van der Waals surface area contributed by atoms with Gasteiger partial charge in [-0.2, -0.15) is 21.2 Å². The molecule has 124 valence electrons. The predicted octanol–water partition coefficient (Wildman–Crippen LogP) is 3.12. The maximum absolute atomic E-state index is 4.86. The Morgan fingerprint density at radius 2 is 1.96 bits per heavy atom. The van der Waals surface area contributed by atoms with Crippen LogP contribution < -0.4 is 0 Å². The second-order valence-corrected chi connectivity index (χ2v) is 6.91. The topological polar surface area (TPSA) is 61.4 Å². The Morgan fingerprint density at radius 3 is 2.80 bits per heavy atom. The Hall–Kier alpha value is -2.80. The van der Waals surface area contributed by atoms with Gasteiger partial charge in [0.1, 0.15) is 6.54 Å². The fourth-order valence-electron chi connectivity index (χ4n) is 3.38. The fourth-order valence-corrected chi connectivity index (χ4v) is 4.01. The monoisotopic (exact) mass is 348 g/mol. The van der Waals surface area contributed by atoms with E-state index in [1.165, 1.54) is 17.7 Å². The summed E-state index contributed by atoms with van der Waals surface area (Å²) in [5.41, 5.74) is 5.83. The van der Waals surface area contributed by atoms with E-state index in [1.807, 2.05) is 35.0 Å². The SMILES string of the molecule is c1ccc(-n2nc(Cn3nnc(-c4ccsc4)n3)c3c2CCC3)cc1. The van der Waals surface area contributed by atoms with E-state index in [2.05, 4.69) is 32.2 Å². The second-order valence-electron chi connectivity index (χ2n) is 6.13. The van der Waals surface area contributed by atoms with Gasteiger partial charge in [-0.25, -0.2) is 4.68 Å². The molecule has 0 saturated carbocycles. The number of benzene rings is 1. The summed E-state index contributed by atoms with van der Waals surface area (Å²) in [6.45, 7) is 0.555. The van der Waals surface area contributed by atoms with E-state index in [0.717, 1.165) is 29.8 Å². The molecule has 0 radical (unpaired) electrons. The minimum absolute atomic E-state index is 0.555. The molecule has 0 atom stereocenters. The second kappa shape index (κ2) is 5.93. The maximum Gasteiger partial charge on any atom is 0.205 e. The third-order valence-corrected chi connectivity index (χ3v) is 5.22. The number of tetrazole rings is 1. The van der Waals surface area contributed by atoms with Gasteiger partial charge in [0.15, 0.2) is 0 Å². The van der Waals surface area contributed by atoms with Crippen LogP contribution in [-0.2, 0) is 19.4 Å². The first kappa shape index (κ1) is 14.5. The molecule has 3 heterocycles. The third-order valence-electron chi connectivity index (χ3n) is 4.54. The number of thiophene rings is 1. The highest BCUT2D eigenvalue weighted by Gasteiger charge is 2.23. The van der Waals surface area contributed by atoms with Gasteiger partial charge < -0.3 is 0 Å². The molecule has 4 aromatic rings. The lowest BCUT2D eigenvalue weighted by molar-refractivity contribution is 0.557. The fraction of sp³-hybridized carbons (Fsp3) is 0.222. The zero-order valence-electron chi connectivity index (χ0n) is 13.5. The van der Waals surface area contributed by atoms with Crippen molar-refractivity contribution in [1.29, 1.82) is 0 Å². The smallest absolute Gasteiger partial charge is 0.205 e. The molecule has 5 rings (SSSR count). The summed E-state index contributed by atoms with van der Waals surface area (Å²) in [6.07, 6.45) is 3.32. The van der Waals surface area contributed by atoms with Gasteiger partial charge in [-0.1, -0.05) is 18.2 Å². The van der Waals surface area contributed by atoms with Crippen LogP contribution in [0.25, 0.3) is 17.1 Å². The van der Waals surface area contributed by atoms with Gasteiger partial charge in [0.25, 0.3) is 0 Å². The number of hydrogen-bond acceptors (Lipinski definition) is 5.